The molecule has 0 aliphatic heterocycles. The molecule has 0 fully saturated rings. The number of nitrogens with one attached hydrogen (secondary N) is 1. The molecule has 0 aliphatic carbocycles. The van der Waals surface area contributed by atoms with Gasteiger partial charge in [-0.3, -0.25) is 13.8 Å². The molecule has 0 rings (SSSR count). The van der Waals surface area contributed by atoms with Crippen molar-refractivity contribution in [2.24, 2.45) is 0 Å². The number of phosphoric acid groups is 1. The Kier molecular flexibility index (Phi) is 48.7. The molecule has 66 heavy (non-hydrogen) atoms. The molecule has 3 unspecified atom stereocenters. The molecule has 9 heteroatoms. The molecular formula is C57H116N2O6P+. The van der Waals surface area contributed by atoms with Gasteiger partial charge in [-0.2, -0.15) is 0 Å². The van der Waals surface area contributed by atoms with E-state index in [1.807, 2.05) is 21.1 Å². The van der Waals surface area contributed by atoms with Gasteiger partial charge in [-0.25, -0.2) is 4.57 Å². The Morgan fingerprint density at radius 1 is 0.500 bits per heavy atom. The summed E-state index contributed by atoms with van der Waals surface area (Å²) in [5, 5.41) is 14.0. The minimum Gasteiger partial charge on any atom is -0.391 e. The number of amides is 1. The zero-order chi connectivity index (χ0) is 48.5. The number of aliphatic hydroxyl groups excluding tert-OH is 1. The van der Waals surface area contributed by atoms with E-state index >= 15 is 0 Å². The zero-order valence-electron chi connectivity index (χ0n) is 45.0. The van der Waals surface area contributed by atoms with E-state index in [0.29, 0.717) is 23.9 Å². The van der Waals surface area contributed by atoms with Crippen LogP contribution in [0, 0.1) is 0 Å². The minimum absolute atomic E-state index is 0.0778. The molecule has 0 aromatic rings. The molecule has 0 saturated heterocycles. The predicted octanol–water partition coefficient (Wildman–Crippen LogP) is 17.4. The van der Waals surface area contributed by atoms with Gasteiger partial charge in [0.05, 0.1) is 39.9 Å². The van der Waals surface area contributed by atoms with Gasteiger partial charge in [0.1, 0.15) is 13.2 Å². The lowest BCUT2D eigenvalue weighted by molar-refractivity contribution is -0.870. The van der Waals surface area contributed by atoms with Crippen LogP contribution in [0.5, 0.6) is 0 Å². The molecule has 0 heterocycles. The number of quaternary nitrogens is 1. The van der Waals surface area contributed by atoms with Gasteiger partial charge in [0, 0.05) is 6.42 Å². The van der Waals surface area contributed by atoms with Crippen LogP contribution in [0.4, 0.5) is 0 Å². The van der Waals surface area contributed by atoms with Crippen LogP contribution >= 0.6 is 7.82 Å². The summed E-state index contributed by atoms with van der Waals surface area (Å²) in [5.74, 6) is -0.138. The van der Waals surface area contributed by atoms with Crippen molar-refractivity contribution in [2.75, 3.05) is 40.9 Å². The third-order valence-electron chi connectivity index (χ3n) is 13.5. The summed E-state index contributed by atoms with van der Waals surface area (Å²) in [5.41, 5.74) is 0. The van der Waals surface area contributed by atoms with Crippen LogP contribution in [-0.4, -0.2) is 73.4 Å². The minimum atomic E-state index is -4.32. The van der Waals surface area contributed by atoms with Gasteiger partial charge in [-0.1, -0.05) is 264 Å². The molecule has 0 aromatic heterocycles. The molecule has 394 valence electrons. The monoisotopic (exact) mass is 956 g/mol. The standard InChI is InChI=1S/C57H115N2O6P/c1-6-8-10-12-14-16-18-20-22-23-24-25-26-27-28-29-30-31-32-33-34-35-37-39-41-43-45-47-49-51-57(61)58-55(54-65-66(62,63)64-53-52-59(3,4)5)56(60)50-48-46-44-42-40-38-36-21-19-17-15-13-11-9-7-2/h23-24,55-56,60H,6-22,25-54H2,1-5H3,(H-,58,61,62,63)/p+1/b24-23-. The van der Waals surface area contributed by atoms with Crippen LogP contribution in [0.25, 0.3) is 0 Å². The summed E-state index contributed by atoms with van der Waals surface area (Å²) in [6, 6.07) is -0.756. The van der Waals surface area contributed by atoms with Crippen molar-refractivity contribution >= 4 is 13.7 Å². The van der Waals surface area contributed by atoms with Crippen LogP contribution in [0.2, 0.25) is 0 Å². The summed E-state index contributed by atoms with van der Waals surface area (Å²) in [4.78, 5) is 23.3. The van der Waals surface area contributed by atoms with Gasteiger partial charge in [0.2, 0.25) is 5.91 Å². The van der Waals surface area contributed by atoms with E-state index < -0.39 is 20.0 Å². The molecule has 0 aromatic carbocycles. The molecular weight excluding hydrogens is 840 g/mol. The second-order valence-corrected chi connectivity index (χ2v) is 22.8. The molecule has 8 nitrogen and oxygen atoms in total. The van der Waals surface area contributed by atoms with Gasteiger partial charge < -0.3 is 19.8 Å². The highest BCUT2D eigenvalue weighted by atomic mass is 31.2. The molecule has 0 saturated carbocycles. The number of phosphoric ester groups is 1. The largest absolute Gasteiger partial charge is 0.472 e. The smallest absolute Gasteiger partial charge is 0.391 e. The second kappa shape index (κ2) is 49.2. The van der Waals surface area contributed by atoms with Crippen LogP contribution < -0.4 is 5.32 Å². The number of allylic oxidation sites excluding steroid dienone is 2. The van der Waals surface area contributed by atoms with Gasteiger partial charge in [0.25, 0.3) is 0 Å². The quantitative estimate of drug-likeness (QED) is 0.0243. The summed E-state index contributed by atoms with van der Waals surface area (Å²) in [6.07, 6.45) is 59.9. The van der Waals surface area contributed by atoms with Crippen LogP contribution in [0.3, 0.4) is 0 Å². The third-order valence-corrected chi connectivity index (χ3v) is 14.5. The first-order valence-electron chi connectivity index (χ1n) is 29.1. The maximum atomic E-state index is 13.0. The maximum absolute atomic E-state index is 13.0. The average molecular weight is 957 g/mol. The predicted molar refractivity (Wildman–Crippen MR) is 286 cm³/mol. The van der Waals surface area contributed by atoms with Crippen molar-refractivity contribution in [3.05, 3.63) is 12.2 Å². The SMILES string of the molecule is CCCCCCCCCC/C=C\CCCCCCCCCCCCCCCCCCCC(=O)NC(COP(=O)(O)OCC[N+](C)(C)C)C(O)CCCCCCCCCCCCCCCCC. The summed E-state index contributed by atoms with van der Waals surface area (Å²) in [7, 11) is 1.63. The first-order chi connectivity index (χ1) is 32.0. The van der Waals surface area contributed by atoms with Crippen molar-refractivity contribution in [2.45, 2.75) is 309 Å². The number of nitrogens with zero attached hydrogens (tertiary/aromatic N) is 1. The number of hydrogen-bond acceptors (Lipinski definition) is 5. The first-order valence-corrected chi connectivity index (χ1v) is 30.5. The normalized spacial score (nSPS) is 14.0. The number of aliphatic hydroxyl groups is 1. The van der Waals surface area contributed by atoms with E-state index in [-0.39, 0.29) is 19.1 Å². The highest BCUT2D eigenvalue weighted by Gasteiger charge is 2.28. The Bertz CT molecular complexity index is 1080. The highest BCUT2D eigenvalue weighted by Crippen LogP contribution is 2.43. The fourth-order valence-corrected chi connectivity index (χ4v) is 9.66. The maximum Gasteiger partial charge on any atom is 0.472 e. The van der Waals surface area contributed by atoms with Crippen LogP contribution in [0.1, 0.15) is 296 Å². The number of unbranched alkanes of at least 4 members (excludes halogenated alkanes) is 39. The van der Waals surface area contributed by atoms with Crippen LogP contribution in [0.15, 0.2) is 12.2 Å². The lowest BCUT2D eigenvalue weighted by Gasteiger charge is -2.26. The van der Waals surface area contributed by atoms with E-state index in [2.05, 4.69) is 31.3 Å². The molecule has 0 spiro atoms. The van der Waals surface area contributed by atoms with Crippen LogP contribution in [-0.2, 0) is 18.4 Å². The third kappa shape index (κ3) is 51.1. The van der Waals surface area contributed by atoms with E-state index in [0.717, 1.165) is 38.5 Å². The highest BCUT2D eigenvalue weighted by molar-refractivity contribution is 7.47. The van der Waals surface area contributed by atoms with E-state index in [1.54, 1.807) is 0 Å². The van der Waals surface area contributed by atoms with E-state index in [4.69, 9.17) is 9.05 Å². The van der Waals surface area contributed by atoms with Gasteiger partial charge in [0.15, 0.2) is 0 Å². The number of carbonyl (C=O) groups is 1. The fraction of sp³-hybridized carbons (Fsp3) is 0.947. The Balaban J connectivity index is 4.04. The van der Waals surface area contributed by atoms with Crippen molar-refractivity contribution in [3.8, 4) is 0 Å². The lowest BCUT2D eigenvalue weighted by atomic mass is 10.0. The Labute approximate surface area is 412 Å². The van der Waals surface area contributed by atoms with Crippen molar-refractivity contribution in [1.82, 2.24) is 5.32 Å². The molecule has 1 amide bonds. The molecule has 3 N–H and O–H groups in total. The van der Waals surface area contributed by atoms with Gasteiger partial charge in [-0.05, 0) is 38.5 Å². The van der Waals surface area contributed by atoms with Crippen molar-refractivity contribution < 1.29 is 32.9 Å². The topological polar surface area (TPSA) is 105 Å². The molecule has 0 bridgehead atoms. The zero-order valence-corrected chi connectivity index (χ0v) is 45.9. The van der Waals surface area contributed by atoms with Crippen molar-refractivity contribution in [3.63, 3.8) is 0 Å². The van der Waals surface area contributed by atoms with E-state index in [9.17, 15) is 19.4 Å². The molecule has 0 aliphatic rings. The Hall–Kier alpha value is -0.760. The lowest BCUT2D eigenvalue weighted by Crippen LogP contribution is -2.46. The summed E-state index contributed by atoms with van der Waals surface area (Å²) >= 11 is 0. The van der Waals surface area contributed by atoms with Gasteiger partial charge >= 0.3 is 7.82 Å². The number of rotatable bonds is 54. The number of likely N-dealkylation sites (N-methyl/N-ethyl adjacent to an activating group) is 1. The average Bonchev–Trinajstić information content (AvgIpc) is 3.28. The first kappa shape index (κ1) is 65.2. The van der Waals surface area contributed by atoms with E-state index in [1.165, 1.54) is 231 Å². The number of carbonyl (C=O) groups excluding carboxylic acids is 1. The Morgan fingerprint density at radius 3 is 1.17 bits per heavy atom. The van der Waals surface area contributed by atoms with Gasteiger partial charge in [-0.15, -0.1) is 0 Å². The Morgan fingerprint density at radius 2 is 0.818 bits per heavy atom. The second-order valence-electron chi connectivity index (χ2n) is 21.4. The summed E-state index contributed by atoms with van der Waals surface area (Å²) < 4.78 is 23.8. The molecule has 3 atom stereocenters. The van der Waals surface area contributed by atoms with Crippen molar-refractivity contribution in [1.29, 1.82) is 0 Å². The number of hydrogen-bond donors (Lipinski definition) is 3. The fourth-order valence-electron chi connectivity index (χ4n) is 8.93. The molecule has 0 radical (unpaired) electrons. The summed E-state index contributed by atoms with van der Waals surface area (Å²) in [6.45, 7) is 4.93.